The number of benzene rings is 1. The molecule has 1 aromatic carbocycles. The average molecular weight is 299 g/mol. The third-order valence-corrected chi connectivity index (χ3v) is 4.25. The molecule has 1 saturated heterocycles. The van der Waals surface area contributed by atoms with Crippen LogP contribution in [0.3, 0.4) is 0 Å². The average Bonchev–Trinajstić information content (AvgIpc) is 3.26. The number of nitrogens with zero attached hydrogens (tertiary/aromatic N) is 1. The molecule has 1 N–H and O–H groups in total. The van der Waals surface area contributed by atoms with Gasteiger partial charge in [0.15, 0.2) is 0 Å². The Labute approximate surface area is 124 Å². The van der Waals surface area contributed by atoms with Gasteiger partial charge in [0.1, 0.15) is 5.82 Å². The third-order valence-electron chi connectivity index (χ3n) is 3.94. The van der Waals surface area contributed by atoms with E-state index in [4.69, 9.17) is 16.3 Å². The number of morpholine rings is 1. The normalized spacial score (nSPS) is 24.0. The van der Waals surface area contributed by atoms with Gasteiger partial charge in [0.05, 0.1) is 18.2 Å². The second-order valence-corrected chi connectivity index (χ2v) is 6.04. The summed E-state index contributed by atoms with van der Waals surface area (Å²) in [6.45, 7) is 4.07. The van der Waals surface area contributed by atoms with Crippen molar-refractivity contribution >= 4 is 11.6 Å². The first-order chi connectivity index (χ1) is 9.72. The third kappa shape index (κ3) is 3.70. The van der Waals surface area contributed by atoms with Crippen LogP contribution in [-0.4, -0.2) is 43.3 Å². The predicted octanol–water partition coefficient (Wildman–Crippen LogP) is 2.43. The van der Waals surface area contributed by atoms with Crippen LogP contribution in [0.15, 0.2) is 18.2 Å². The summed E-state index contributed by atoms with van der Waals surface area (Å²) < 4.78 is 19.1. The molecule has 3 nitrogen and oxygen atoms in total. The molecule has 1 unspecified atom stereocenters. The summed E-state index contributed by atoms with van der Waals surface area (Å²) >= 11 is 5.72. The maximum Gasteiger partial charge on any atom is 0.142 e. The predicted molar refractivity (Wildman–Crippen MR) is 77.5 cm³/mol. The smallest absolute Gasteiger partial charge is 0.142 e. The molecular formula is C15H20ClFN2O. The largest absolute Gasteiger partial charge is 0.378 e. The summed E-state index contributed by atoms with van der Waals surface area (Å²) in [7, 11) is 0. The first kappa shape index (κ1) is 14.3. The first-order valence-corrected chi connectivity index (χ1v) is 7.59. The van der Waals surface area contributed by atoms with Crippen LogP contribution in [0, 0.1) is 5.82 Å². The second kappa shape index (κ2) is 6.39. The van der Waals surface area contributed by atoms with Gasteiger partial charge < -0.3 is 10.1 Å². The molecule has 1 heterocycles. The number of ether oxygens (including phenoxy) is 1. The van der Waals surface area contributed by atoms with E-state index in [9.17, 15) is 4.39 Å². The number of hydrogen-bond acceptors (Lipinski definition) is 3. The van der Waals surface area contributed by atoms with Crippen molar-refractivity contribution in [1.29, 1.82) is 0 Å². The molecule has 1 aromatic rings. The Bertz CT molecular complexity index is 467. The number of rotatable bonds is 5. The van der Waals surface area contributed by atoms with Gasteiger partial charge in [-0.15, -0.1) is 0 Å². The highest BCUT2D eigenvalue weighted by atomic mass is 35.5. The minimum absolute atomic E-state index is 0.183. The molecule has 2 aliphatic rings. The van der Waals surface area contributed by atoms with Gasteiger partial charge in [-0.3, -0.25) is 4.90 Å². The molecule has 1 atom stereocenters. The van der Waals surface area contributed by atoms with Crippen molar-refractivity contribution in [3.63, 3.8) is 0 Å². The van der Waals surface area contributed by atoms with E-state index in [0.29, 0.717) is 12.1 Å². The standard InChI is InChI=1S/C15H20ClFN2O/c16-14-4-1-11(7-15(14)17)9-19-5-6-20-10-13(19)8-18-12-2-3-12/h1,4,7,12-13,18H,2-3,5-6,8-10H2. The van der Waals surface area contributed by atoms with E-state index in [2.05, 4.69) is 10.2 Å². The molecule has 1 aliphatic carbocycles. The molecule has 1 aliphatic heterocycles. The van der Waals surface area contributed by atoms with E-state index in [1.807, 2.05) is 6.07 Å². The van der Waals surface area contributed by atoms with Gasteiger partial charge in [-0.1, -0.05) is 17.7 Å². The second-order valence-electron chi connectivity index (χ2n) is 5.63. The Balaban J connectivity index is 1.61. The molecule has 0 radical (unpaired) electrons. The summed E-state index contributed by atoms with van der Waals surface area (Å²) in [5.74, 6) is -0.343. The minimum atomic E-state index is -0.343. The van der Waals surface area contributed by atoms with Crippen molar-refractivity contribution in [3.8, 4) is 0 Å². The quantitative estimate of drug-likeness (QED) is 0.903. The molecule has 20 heavy (non-hydrogen) atoms. The van der Waals surface area contributed by atoms with E-state index in [1.54, 1.807) is 6.07 Å². The molecule has 0 amide bonds. The van der Waals surface area contributed by atoms with E-state index in [0.717, 1.165) is 38.4 Å². The van der Waals surface area contributed by atoms with Crippen LogP contribution < -0.4 is 5.32 Å². The van der Waals surface area contributed by atoms with Crippen LogP contribution in [0.2, 0.25) is 5.02 Å². The van der Waals surface area contributed by atoms with Crippen LogP contribution >= 0.6 is 11.6 Å². The minimum Gasteiger partial charge on any atom is -0.378 e. The summed E-state index contributed by atoms with van der Waals surface area (Å²) in [6, 6.07) is 6.12. The van der Waals surface area contributed by atoms with Crippen molar-refractivity contribution in [2.24, 2.45) is 0 Å². The highest BCUT2D eigenvalue weighted by molar-refractivity contribution is 6.30. The van der Waals surface area contributed by atoms with Gasteiger partial charge in [0.25, 0.3) is 0 Å². The number of nitrogens with one attached hydrogen (secondary N) is 1. The van der Waals surface area contributed by atoms with Gasteiger partial charge in [-0.2, -0.15) is 0 Å². The lowest BCUT2D eigenvalue weighted by molar-refractivity contribution is -0.0110. The summed E-state index contributed by atoms with van der Waals surface area (Å²) in [5.41, 5.74) is 0.963. The Morgan fingerprint density at radius 2 is 2.25 bits per heavy atom. The Morgan fingerprint density at radius 3 is 3.00 bits per heavy atom. The van der Waals surface area contributed by atoms with Gasteiger partial charge in [-0.25, -0.2) is 4.39 Å². The summed E-state index contributed by atoms with van der Waals surface area (Å²) in [5, 5.41) is 3.73. The van der Waals surface area contributed by atoms with Crippen LogP contribution in [0.25, 0.3) is 0 Å². The lowest BCUT2D eigenvalue weighted by Crippen LogP contribution is -2.50. The molecule has 2 fully saturated rings. The number of hydrogen-bond donors (Lipinski definition) is 1. The summed E-state index contributed by atoms with van der Waals surface area (Å²) in [6.07, 6.45) is 2.58. The molecule has 0 bridgehead atoms. The summed E-state index contributed by atoms with van der Waals surface area (Å²) in [4.78, 5) is 2.36. The van der Waals surface area contributed by atoms with Crippen molar-refractivity contribution in [3.05, 3.63) is 34.6 Å². The van der Waals surface area contributed by atoms with Gasteiger partial charge in [0, 0.05) is 31.7 Å². The first-order valence-electron chi connectivity index (χ1n) is 7.21. The fourth-order valence-electron chi connectivity index (χ4n) is 2.55. The van der Waals surface area contributed by atoms with Crippen molar-refractivity contribution in [2.75, 3.05) is 26.3 Å². The van der Waals surface area contributed by atoms with E-state index in [-0.39, 0.29) is 10.8 Å². The Morgan fingerprint density at radius 1 is 1.40 bits per heavy atom. The fraction of sp³-hybridized carbons (Fsp3) is 0.600. The Hall–Kier alpha value is -0.680. The molecule has 5 heteroatoms. The molecule has 110 valence electrons. The van der Waals surface area contributed by atoms with Gasteiger partial charge >= 0.3 is 0 Å². The van der Waals surface area contributed by atoms with Crippen LogP contribution in [0.1, 0.15) is 18.4 Å². The van der Waals surface area contributed by atoms with Crippen LogP contribution in [0.4, 0.5) is 4.39 Å². The van der Waals surface area contributed by atoms with Crippen molar-refractivity contribution in [1.82, 2.24) is 10.2 Å². The monoisotopic (exact) mass is 298 g/mol. The SMILES string of the molecule is Fc1cc(CN2CCOCC2CNC2CC2)ccc1Cl. The van der Waals surface area contributed by atoms with Gasteiger partial charge in [0.2, 0.25) is 0 Å². The van der Waals surface area contributed by atoms with Crippen molar-refractivity contribution in [2.45, 2.75) is 31.5 Å². The lowest BCUT2D eigenvalue weighted by Gasteiger charge is -2.35. The number of halogens is 2. The molecule has 0 aromatic heterocycles. The maximum atomic E-state index is 13.5. The maximum absolute atomic E-state index is 13.5. The molecule has 0 spiro atoms. The zero-order chi connectivity index (χ0) is 13.9. The van der Waals surface area contributed by atoms with E-state index in [1.165, 1.54) is 18.9 Å². The fourth-order valence-corrected chi connectivity index (χ4v) is 2.67. The molecule has 1 saturated carbocycles. The van der Waals surface area contributed by atoms with Gasteiger partial charge in [-0.05, 0) is 30.5 Å². The van der Waals surface area contributed by atoms with Crippen LogP contribution in [0.5, 0.6) is 0 Å². The molecule has 3 rings (SSSR count). The Kier molecular flexibility index (Phi) is 4.56. The zero-order valence-electron chi connectivity index (χ0n) is 11.4. The van der Waals surface area contributed by atoms with Crippen molar-refractivity contribution < 1.29 is 9.13 Å². The van der Waals surface area contributed by atoms with E-state index < -0.39 is 0 Å². The topological polar surface area (TPSA) is 24.5 Å². The van der Waals surface area contributed by atoms with Crippen LogP contribution in [-0.2, 0) is 11.3 Å². The lowest BCUT2D eigenvalue weighted by atomic mass is 10.1. The zero-order valence-corrected chi connectivity index (χ0v) is 12.2. The highest BCUT2D eigenvalue weighted by Gasteiger charge is 2.26. The highest BCUT2D eigenvalue weighted by Crippen LogP contribution is 2.21. The van der Waals surface area contributed by atoms with E-state index >= 15 is 0 Å². The molecular weight excluding hydrogens is 279 g/mol.